The van der Waals surface area contributed by atoms with Crippen molar-refractivity contribution in [3.63, 3.8) is 0 Å². The van der Waals surface area contributed by atoms with Crippen LogP contribution in [0.5, 0.6) is 0 Å². The van der Waals surface area contributed by atoms with Gasteiger partial charge in [-0.2, -0.15) is 4.72 Å². The summed E-state index contributed by atoms with van der Waals surface area (Å²) < 4.78 is 26.8. The molecule has 1 fully saturated rings. The predicted molar refractivity (Wildman–Crippen MR) is 81.4 cm³/mol. The highest BCUT2D eigenvalue weighted by molar-refractivity contribution is 7.89. The first-order valence-corrected chi connectivity index (χ1v) is 8.76. The van der Waals surface area contributed by atoms with Crippen LogP contribution in [0.2, 0.25) is 0 Å². The summed E-state index contributed by atoms with van der Waals surface area (Å²) in [6.45, 7) is 3.46. The van der Waals surface area contributed by atoms with Crippen molar-refractivity contribution in [1.82, 2.24) is 10.0 Å². The van der Waals surface area contributed by atoms with E-state index in [2.05, 4.69) is 10.0 Å². The second kappa shape index (κ2) is 6.58. The van der Waals surface area contributed by atoms with Crippen LogP contribution in [0.25, 0.3) is 0 Å². The number of carbonyl (C=O) groups excluding carboxylic acids is 1. The Balaban J connectivity index is 1.98. The molecule has 0 radical (unpaired) electrons. The van der Waals surface area contributed by atoms with Gasteiger partial charge < -0.3 is 5.32 Å². The van der Waals surface area contributed by atoms with E-state index in [-0.39, 0.29) is 16.8 Å². The summed E-state index contributed by atoms with van der Waals surface area (Å²) in [5, 5.41) is 2.90. The molecule has 0 aliphatic heterocycles. The van der Waals surface area contributed by atoms with E-state index in [1.807, 2.05) is 6.92 Å². The zero-order valence-electron chi connectivity index (χ0n) is 12.4. The number of rotatable bonds is 5. The minimum absolute atomic E-state index is 0.175. The summed E-state index contributed by atoms with van der Waals surface area (Å²) in [7, 11) is -3.67. The summed E-state index contributed by atoms with van der Waals surface area (Å²) >= 11 is 0. The number of carbonyl (C=O) groups is 1. The van der Waals surface area contributed by atoms with Gasteiger partial charge >= 0.3 is 0 Å². The highest BCUT2D eigenvalue weighted by Crippen LogP contribution is 2.17. The fourth-order valence-corrected chi connectivity index (χ4v) is 3.67. The largest absolute Gasteiger partial charge is 0.352 e. The molecule has 1 aliphatic rings. The van der Waals surface area contributed by atoms with Crippen LogP contribution < -0.4 is 10.0 Å². The molecular formula is C15H22N2O3S. The molecule has 1 amide bonds. The summed E-state index contributed by atoms with van der Waals surface area (Å²) in [6.07, 6.45) is 4.19. The first-order chi connectivity index (χ1) is 9.88. The molecule has 2 rings (SSSR count). The Kier molecular flexibility index (Phi) is 5.00. The molecule has 1 aliphatic carbocycles. The Morgan fingerprint density at radius 3 is 2.33 bits per heavy atom. The average molecular weight is 310 g/mol. The van der Waals surface area contributed by atoms with Crippen LogP contribution in [-0.4, -0.2) is 26.4 Å². The molecule has 1 aromatic carbocycles. The lowest BCUT2D eigenvalue weighted by Crippen LogP contribution is -2.47. The van der Waals surface area contributed by atoms with E-state index >= 15 is 0 Å². The van der Waals surface area contributed by atoms with Crippen molar-refractivity contribution in [3.8, 4) is 0 Å². The summed E-state index contributed by atoms with van der Waals surface area (Å²) in [4.78, 5) is 12.2. The molecule has 21 heavy (non-hydrogen) atoms. The van der Waals surface area contributed by atoms with Crippen molar-refractivity contribution in [2.45, 2.75) is 56.5 Å². The first kappa shape index (κ1) is 16.0. The lowest BCUT2D eigenvalue weighted by molar-refractivity contribution is -0.123. The molecule has 0 aromatic heterocycles. The highest BCUT2D eigenvalue weighted by Gasteiger charge is 2.24. The zero-order valence-corrected chi connectivity index (χ0v) is 13.2. The molecular weight excluding hydrogens is 288 g/mol. The fraction of sp³-hybridized carbons (Fsp3) is 0.533. The Hall–Kier alpha value is -1.40. The maximum absolute atomic E-state index is 12.2. The van der Waals surface area contributed by atoms with E-state index in [0.717, 1.165) is 31.2 Å². The third-order valence-electron chi connectivity index (χ3n) is 3.76. The van der Waals surface area contributed by atoms with E-state index in [4.69, 9.17) is 0 Å². The Morgan fingerprint density at radius 2 is 1.76 bits per heavy atom. The van der Waals surface area contributed by atoms with Crippen LogP contribution in [0, 0.1) is 6.92 Å². The number of sulfonamides is 1. The number of benzene rings is 1. The van der Waals surface area contributed by atoms with Gasteiger partial charge in [0.1, 0.15) is 0 Å². The topological polar surface area (TPSA) is 75.3 Å². The number of hydrogen-bond donors (Lipinski definition) is 2. The lowest BCUT2D eigenvalue weighted by atomic mass is 10.2. The second-order valence-corrected chi connectivity index (χ2v) is 7.36. The summed E-state index contributed by atoms with van der Waals surface area (Å²) in [5.74, 6) is -0.266. The maximum atomic E-state index is 12.2. The first-order valence-electron chi connectivity index (χ1n) is 7.28. The number of hydrogen-bond acceptors (Lipinski definition) is 3. The third-order valence-corrected chi connectivity index (χ3v) is 5.31. The molecule has 1 aromatic rings. The van der Waals surface area contributed by atoms with Gasteiger partial charge in [0.25, 0.3) is 0 Å². The standard InChI is InChI=1S/C15H22N2O3S/c1-11-7-9-14(10-8-11)21(19,20)17-12(2)15(18)16-13-5-3-4-6-13/h7-10,12-13,17H,3-6H2,1-2H3,(H,16,18)/t12-/m1/s1. The van der Waals surface area contributed by atoms with Crippen LogP contribution >= 0.6 is 0 Å². The lowest BCUT2D eigenvalue weighted by Gasteiger charge is -2.17. The molecule has 1 atom stereocenters. The van der Waals surface area contributed by atoms with Gasteiger partial charge in [-0.15, -0.1) is 0 Å². The molecule has 116 valence electrons. The second-order valence-electron chi connectivity index (χ2n) is 5.65. The zero-order chi connectivity index (χ0) is 15.5. The Labute approximate surface area is 126 Å². The van der Waals surface area contributed by atoms with Gasteiger partial charge in [-0.05, 0) is 38.8 Å². The molecule has 0 spiro atoms. The molecule has 0 unspecified atom stereocenters. The number of amides is 1. The molecule has 0 bridgehead atoms. The smallest absolute Gasteiger partial charge is 0.241 e. The van der Waals surface area contributed by atoms with Gasteiger partial charge in [0, 0.05) is 6.04 Å². The van der Waals surface area contributed by atoms with Gasteiger partial charge in [0.05, 0.1) is 10.9 Å². The van der Waals surface area contributed by atoms with E-state index < -0.39 is 16.1 Å². The van der Waals surface area contributed by atoms with Crippen LogP contribution in [0.3, 0.4) is 0 Å². The maximum Gasteiger partial charge on any atom is 0.241 e. The van der Waals surface area contributed by atoms with Gasteiger partial charge in [-0.25, -0.2) is 8.42 Å². The third kappa shape index (κ3) is 4.28. The van der Waals surface area contributed by atoms with Crippen molar-refractivity contribution < 1.29 is 13.2 Å². The van der Waals surface area contributed by atoms with E-state index in [0.29, 0.717) is 0 Å². The van der Waals surface area contributed by atoms with E-state index in [1.54, 1.807) is 31.2 Å². The molecule has 0 saturated heterocycles. The number of aryl methyl sites for hydroxylation is 1. The van der Waals surface area contributed by atoms with Crippen molar-refractivity contribution in [2.24, 2.45) is 0 Å². The summed E-state index contributed by atoms with van der Waals surface area (Å²) in [5.41, 5.74) is 0.987. The average Bonchev–Trinajstić information content (AvgIpc) is 2.91. The van der Waals surface area contributed by atoms with Crippen LogP contribution in [0.15, 0.2) is 29.2 Å². The highest BCUT2D eigenvalue weighted by atomic mass is 32.2. The van der Waals surface area contributed by atoms with Crippen LogP contribution in [0.4, 0.5) is 0 Å². The molecule has 0 heterocycles. The Morgan fingerprint density at radius 1 is 1.19 bits per heavy atom. The summed E-state index contributed by atoms with van der Waals surface area (Å²) in [6, 6.07) is 5.95. The number of nitrogens with one attached hydrogen (secondary N) is 2. The van der Waals surface area contributed by atoms with Crippen molar-refractivity contribution in [1.29, 1.82) is 0 Å². The molecule has 6 heteroatoms. The molecule has 1 saturated carbocycles. The minimum atomic E-state index is -3.67. The van der Waals surface area contributed by atoms with Crippen LogP contribution in [-0.2, 0) is 14.8 Å². The van der Waals surface area contributed by atoms with Crippen molar-refractivity contribution in [3.05, 3.63) is 29.8 Å². The predicted octanol–water partition coefficient (Wildman–Crippen LogP) is 1.72. The molecule has 2 N–H and O–H groups in total. The molecule has 5 nitrogen and oxygen atoms in total. The van der Waals surface area contributed by atoms with E-state index in [9.17, 15) is 13.2 Å². The van der Waals surface area contributed by atoms with Gasteiger partial charge in [-0.3, -0.25) is 4.79 Å². The normalized spacial score (nSPS) is 17.6. The van der Waals surface area contributed by atoms with E-state index in [1.165, 1.54) is 0 Å². The Bertz CT molecular complexity index is 590. The van der Waals surface area contributed by atoms with Gasteiger partial charge in [0.2, 0.25) is 15.9 Å². The minimum Gasteiger partial charge on any atom is -0.352 e. The van der Waals surface area contributed by atoms with Crippen molar-refractivity contribution >= 4 is 15.9 Å². The van der Waals surface area contributed by atoms with Gasteiger partial charge in [-0.1, -0.05) is 30.5 Å². The van der Waals surface area contributed by atoms with Gasteiger partial charge in [0.15, 0.2) is 0 Å². The SMILES string of the molecule is Cc1ccc(S(=O)(=O)N[C@H](C)C(=O)NC2CCCC2)cc1. The van der Waals surface area contributed by atoms with Crippen LogP contribution in [0.1, 0.15) is 38.2 Å². The quantitative estimate of drug-likeness (QED) is 0.869. The fourth-order valence-electron chi connectivity index (χ4n) is 2.47. The van der Waals surface area contributed by atoms with Crippen molar-refractivity contribution in [2.75, 3.05) is 0 Å². The monoisotopic (exact) mass is 310 g/mol.